The molecule has 2 aromatic rings. The van der Waals surface area contributed by atoms with Crippen LogP contribution < -0.4 is 5.32 Å². The molecule has 0 aliphatic rings. The summed E-state index contributed by atoms with van der Waals surface area (Å²) in [5, 5.41) is 3.59. The standard InChI is InChI=1S/C17H19Br2N/c1-10-5-6-14(12(3)7-10)13(4)20-17-15(18)8-11(2)9-16(17)19/h5-9,13,20H,1-4H3. The van der Waals surface area contributed by atoms with Crippen LogP contribution in [0.25, 0.3) is 0 Å². The fourth-order valence-electron chi connectivity index (χ4n) is 2.44. The predicted octanol–water partition coefficient (Wildman–Crippen LogP) is 6.31. The molecule has 1 N–H and O–H groups in total. The van der Waals surface area contributed by atoms with Gasteiger partial charge in [0, 0.05) is 15.0 Å². The van der Waals surface area contributed by atoms with Crippen LogP contribution in [0, 0.1) is 20.8 Å². The zero-order chi connectivity index (χ0) is 14.9. The summed E-state index contributed by atoms with van der Waals surface area (Å²) in [5.41, 5.74) is 6.28. The Balaban J connectivity index is 2.30. The Morgan fingerprint density at radius 2 is 1.50 bits per heavy atom. The molecular formula is C17H19Br2N. The third kappa shape index (κ3) is 3.44. The molecule has 0 bridgehead atoms. The molecule has 0 saturated carbocycles. The summed E-state index contributed by atoms with van der Waals surface area (Å²) >= 11 is 7.27. The first-order valence-electron chi connectivity index (χ1n) is 6.68. The largest absolute Gasteiger partial charge is 0.377 e. The lowest BCUT2D eigenvalue weighted by molar-refractivity contribution is 0.870. The first-order chi connectivity index (χ1) is 9.38. The Labute approximate surface area is 138 Å². The Hall–Kier alpha value is -0.800. The Kier molecular flexibility index (Phi) is 4.92. The first-order valence-corrected chi connectivity index (χ1v) is 8.26. The molecule has 2 rings (SSSR count). The number of nitrogens with one attached hydrogen (secondary N) is 1. The average molecular weight is 397 g/mol. The molecule has 0 heterocycles. The van der Waals surface area contributed by atoms with Crippen LogP contribution in [0.3, 0.4) is 0 Å². The molecule has 1 atom stereocenters. The molecule has 20 heavy (non-hydrogen) atoms. The van der Waals surface area contributed by atoms with Gasteiger partial charge in [-0.2, -0.15) is 0 Å². The van der Waals surface area contributed by atoms with E-state index in [9.17, 15) is 0 Å². The summed E-state index contributed by atoms with van der Waals surface area (Å²) in [6.45, 7) is 8.57. The van der Waals surface area contributed by atoms with E-state index in [0.717, 1.165) is 14.6 Å². The number of benzene rings is 2. The Morgan fingerprint density at radius 1 is 0.900 bits per heavy atom. The fourth-order valence-corrected chi connectivity index (χ4v) is 4.09. The van der Waals surface area contributed by atoms with Gasteiger partial charge in [0.05, 0.1) is 5.69 Å². The summed E-state index contributed by atoms with van der Waals surface area (Å²) < 4.78 is 2.17. The van der Waals surface area contributed by atoms with Gasteiger partial charge < -0.3 is 5.32 Å². The zero-order valence-electron chi connectivity index (χ0n) is 12.2. The molecule has 3 heteroatoms. The van der Waals surface area contributed by atoms with Gasteiger partial charge in [0.25, 0.3) is 0 Å². The van der Waals surface area contributed by atoms with Crippen molar-refractivity contribution < 1.29 is 0 Å². The van der Waals surface area contributed by atoms with Gasteiger partial charge >= 0.3 is 0 Å². The maximum absolute atomic E-state index is 3.64. The summed E-state index contributed by atoms with van der Waals surface area (Å²) in [6.07, 6.45) is 0. The molecule has 0 aliphatic heterocycles. The lowest BCUT2D eigenvalue weighted by Gasteiger charge is -2.20. The van der Waals surface area contributed by atoms with E-state index in [4.69, 9.17) is 0 Å². The topological polar surface area (TPSA) is 12.0 Å². The minimum Gasteiger partial charge on any atom is -0.377 e. The quantitative estimate of drug-likeness (QED) is 0.640. The van der Waals surface area contributed by atoms with Crippen molar-refractivity contribution in [2.24, 2.45) is 0 Å². The summed E-state index contributed by atoms with van der Waals surface area (Å²) in [7, 11) is 0. The van der Waals surface area contributed by atoms with Crippen molar-refractivity contribution in [3.8, 4) is 0 Å². The highest BCUT2D eigenvalue weighted by molar-refractivity contribution is 9.11. The monoisotopic (exact) mass is 395 g/mol. The van der Waals surface area contributed by atoms with Crippen LogP contribution in [0.4, 0.5) is 5.69 Å². The average Bonchev–Trinajstić information content (AvgIpc) is 2.33. The van der Waals surface area contributed by atoms with Crippen molar-refractivity contribution in [1.29, 1.82) is 0 Å². The van der Waals surface area contributed by atoms with Gasteiger partial charge in [-0.1, -0.05) is 23.8 Å². The van der Waals surface area contributed by atoms with Crippen LogP contribution in [0.5, 0.6) is 0 Å². The third-order valence-corrected chi connectivity index (χ3v) is 4.69. The molecule has 1 unspecified atom stereocenters. The third-order valence-electron chi connectivity index (χ3n) is 3.44. The van der Waals surface area contributed by atoms with E-state index in [-0.39, 0.29) is 6.04 Å². The predicted molar refractivity (Wildman–Crippen MR) is 94.5 cm³/mol. The van der Waals surface area contributed by atoms with Crippen LogP contribution in [0.2, 0.25) is 0 Å². The molecule has 1 nitrogen and oxygen atoms in total. The van der Waals surface area contributed by atoms with Crippen LogP contribution in [0.15, 0.2) is 39.3 Å². The number of halogens is 2. The highest BCUT2D eigenvalue weighted by Gasteiger charge is 2.12. The smallest absolute Gasteiger partial charge is 0.0633 e. The van der Waals surface area contributed by atoms with E-state index in [0.29, 0.717) is 0 Å². The maximum atomic E-state index is 3.64. The zero-order valence-corrected chi connectivity index (χ0v) is 15.4. The summed E-state index contributed by atoms with van der Waals surface area (Å²) in [5.74, 6) is 0. The molecule has 0 aliphatic carbocycles. The maximum Gasteiger partial charge on any atom is 0.0633 e. The Morgan fingerprint density at radius 3 is 2.05 bits per heavy atom. The summed E-state index contributed by atoms with van der Waals surface area (Å²) in [4.78, 5) is 0. The van der Waals surface area contributed by atoms with Gasteiger partial charge in [-0.3, -0.25) is 0 Å². The molecule has 106 valence electrons. The van der Waals surface area contributed by atoms with Crippen molar-refractivity contribution in [3.63, 3.8) is 0 Å². The molecule has 0 radical (unpaired) electrons. The number of hydrogen-bond donors (Lipinski definition) is 1. The molecule has 0 spiro atoms. The summed E-state index contributed by atoms with van der Waals surface area (Å²) in [6, 6.07) is 11.1. The van der Waals surface area contributed by atoms with E-state index in [1.807, 2.05) is 0 Å². The second-order valence-corrected chi connectivity index (χ2v) is 7.04. The van der Waals surface area contributed by atoms with Gasteiger partial charge in [-0.05, 0) is 88.4 Å². The number of aryl methyl sites for hydroxylation is 3. The lowest BCUT2D eigenvalue weighted by Crippen LogP contribution is -2.09. The normalized spacial score (nSPS) is 12.3. The second kappa shape index (κ2) is 6.31. The van der Waals surface area contributed by atoms with Gasteiger partial charge in [0.2, 0.25) is 0 Å². The van der Waals surface area contributed by atoms with Gasteiger partial charge in [-0.15, -0.1) is 0 Å². The van der Waals surface area contributed by atoms with Crippen molar-refractivity contribution in [1.82, 2.24) is 0 Å². The highest BCUT2D eigenvalue weighted by Crippen LogP contribution is 2.35. The van der Waals surface area contributed by atoms with Gasteiger partial charge in [0.1, 0.15) is 0 Å². The highest BCUT2D eigenvalue weighted by atomic mass is 79.9. The van der Waals surface area contributed by atoms with Crippen molar-refractivity contribution in [3.05, 3.63) is 61.5 Å². The Bertz CT molecular complexity index is 612. The van der Waals surface area contributed by atoms with Crippen molar-refractivity contribution >= 4 is 37.5 Å². The van der Waals surface area contributed by atoms with Crippen LogP contribution in [-0.4, -0.2) is 0 Å². The first kappa shape index (κ1) is 15.6. The van der Waals surface area contributed by atoms with E-state index in [1.54, 1.807) is 0 Å². The SMILES string of the molecule is Cc1ccc(C(C)Nc2c(Br)cc(C)cc2Br)c(C)c1. The molecule has 0 amide bonds. The number of hydrogen-bond acceptors (Lipinski definition) is 1. The van der Waals surface area contributed by atoms with E-state index in [2.05, 4.69) is 95.2 Å². The molecule has 0 fully saturated rings. The number of rotatable bonds is 3. The molecule has 0 saturated heterocycles. The van der Waals surface area contributed by atoms with Crippen LogP contribution in [0.1, 0.15) is 35.2 Å². The molecule has 0 aromatic heterocycles. The minimum atomic E-state index is 0.255. The van der Waals surface area contributed by atoms with E-state index in [1.165, 1.54) is 22.3 Å². The van der Waals surface area contributed by atoms with E-state index >= 15 is 0 Å². The van der Waals surface area contributed by atoms with Crippen molar-refractivity contribution in [2.45, 2.75) is 33.7 Å². The second-order valence-electron chi connectivity index (χ2n) is 5.33. The van der Waals surface area contributed by atoms with Gasteiger partial charge in [-0.25, -0.2) is 0 Å². The van der Waals surface area contributed by atoms with Gasteiger partial charge in [0.15, 0.2) is 0 Å². The molecular weight excluding hydrogens is 378 g/mol. The lowest BCUT2D eigenvalue weighted by atomic mass is 10.00. The minimum absolute atomic E-state index is 0.255. The number of anilines is 1. The van der Waals surface area contributed by atoms with Crippen LogP contribution in [-0.2, 0) is 0 Å². The fraction of sp³-hybridized carbons (Fsp3) is 0.294. The van der Waals surface area contributed by atoms with Crippen molar-refractivity contribution in [2.75, 3.05) is 5.32 Å². The molecule has 2 aromatic carbocycles. The van der Waals surface area contributed by atoms with E-state index < -0.39 is 0 Å². The van der Waals surface area contributed by atoms with Crippen LogP contribution >= 0.6 is 31.9 Å².